The lowest BCUT2D eigenvalue weighted by Crippen LogP contribution is -2.28. The highest BCUT2D eigenvalue weighted by atomic mass is 15.1. The van der Waals surface area contributed by atoms with Gasteiger partial charge in [-0.1, -0.05) is 6.92 Å². The molecule has 12 heavy (non-hydrogen) atoms. The average molecular weight is 170 g/mol. The van der Waals surface area contributed by atoms with Gasteiger partial charge in [-0.05, 0) is 52.4 Å². The van der Waals surface area contributed by atoms with E-state index in [1.165, 1.54) is 45.3 Å². The number of hydrogen-bond acceptors (Lipinski definition) is 2. The van der Waals surface area contributed by atoms with Crippen LogP contribution in [0, 0.1) is 0 Å². The Hall–Kier alpha value is -0.0800. The normalized spacial score (nSPS) is 23.8. The minimum absolute atomic E-state index is 0.810. The van der Waals surface area contributed by atoms with Gasteiger partial charge in [0, 0.05) is 6.04 Å². The fraction of sp³-hybridized carbons (Fsp3) is 1.00. The van der Waals surface area contributed by atoms with Crippen molar-refractivity contribution in [2.75, 3.05) is 26.7 Å². The zero-order valence-corrected chi connectivity index (χ0v) is 8.47. The minimum atomic E-state index is 0.810. The summed E-state index contributed by atoms with van der Waals surface area (Å²) in [4.78, 5) is 2.43. The predicted molar refractivity (Wildman–Crippen MR) is 53.4 cm³/mol. The Labute approximate surface area is 76.3 Å². The summed E-state index contributed by atoms with van der Waals surface area (Å²) < 4.78 is 0. The summed E-state index contributed by atoms with van der Waals surface area (Å²) in [6, 6.07) is 0.810. The predicted octanol–water partition coefficient (Wildman–Crippen LogP) is 1.47. The molecule has 1 fully saturated rings. The summed E-state index contributed by atoms with van der Waals surface area (Å²) in [5.41, 5.74) is 0. The molecule has 0 aliphatic carbocycles. The molecule has 1 aliphatic heterocycles. The zero-order valence-electron chi connectivity index (χ0n) is 8.47. The van der Waals surface area contributed by atoms with Crippen LogP contribution in [0.15, 0.2) is 0 Å². The van der Waals surface area contributed by atoms with E-state index in [0.717, 1.165) is 6.04 Å². The van der Waals surface area contributed by atoms with Gasteiger partial charge in [0.25, 0.3) is 0 Å². The van der Waals surface area contributed by atoms with E-state index in [9.17, 15) is 0 Å². The smallest absolute Gasteiger partial charge is 0.00797 e. The van der Waals surface area contributed by atoms with Gasteiger partial charge < -0.3 is 10.2 Å². The lowest BCUT2D eigenvalue weighted by atomic mass is 10.1. The number of nitrogens with one attached hydrogen (secondary N) is 1. The molecule has 1 rings (SSSR count). The largest absolute Gasteiger partial charge is 0.314 e. The van der Waals surface area contributed by atoms with Gasteiger partial charge in [0.2, 0.25) is 0 Å². The third-order valence-electron chi connectivity index (χ3n) is 2.63. The van der Waals surface area contributed by atoms with E-state index in [2.05, 4.69) is 24.2 Å². The first-order valence-corrected chi connectivity index (χ1v) is 5.25. The first-order valence-electron chi connectivity index (χ1n) is 5.25. The van der Waals surface area contributed by atoms with Gasteiger partial charge in [-0.15, -0.1) is 0 Å². The van der Waals surface area contributed by atoms with E-state index in [4.69, 9.17) is 0 Å². The fourth-order valence-corrected chi connectivity index (χ4v) is 1.87. The molecule has 2 heteroatoms. The van der Waals surface area contributed by atoms with Crippen molar-refractivity contribution in [3.63, 3.8) is 0 Å². The molecule has 0 aromatic heterocycles. The number of nitrogens with zero attached hydrogens (tertiary/aromatic N) is 1. The van der Waals surface area contributed by atoms with Crippen molar-refractivity contribution in [1.82, 2.24) is 10.2 Å². The third kappa shape index (κ3) is 3.55. The number of hydrogen-bond donors (Lipinski definition) is 1. The SMILES string of the molecule is CCCN(C)CCC1CCCN1. The highest BCUT2D eigenvalue weighted by molar-refractivity contribution is 4.74. The van der Waals surface area contributed by atoms with Crippen molar-refractivity contribution < 1.29 is 0 Å². The second kappa shape index (κ2) is 5.55. The van der Waals surface area contributed by atoms with Gasteiger partial charge in [-0.25, -0.2) is 0 Å². The van der Waals surface area contributed by atoms with Crippen LogP contribution >= 0.6 is 0 Å². The molecule has 1 aliphatic rings. The van der Waals surface area contributed by atoms with Crippen molar-refractivity contribution in [3.8, 4) is 0 Å². The van der Waals surface area contributed by atoms with Crippen LogP contribution in [0.1, 0.15) is 32.6 Å². The fourth-order valence-electron chi connectivity index (χ4n) is 1.87. The Morgan fingerprint density at radius 2 is 2.25 bits per heavy atom. The first-order chi connectivity index (χ1) is 5.83. The molecular formula is C10H22N2. The monoisotopic (exact) mass is 170 g/mol. The molecule has 72 valence electrons. The van der Waals surface area contributed by atoms with Gasteiger partial charge in [-0.2, -0.15) is 0 Å². The van der Waals surface area contributed by atoms with Gasteiger partial charge in [-0.3, -0.25) is 0 Å². The van der Waals surface area contributed by atoms with E-state index in [1.54, 1.807) is 0 Å². The van der Waals surface area contributed by atoms with Crippen molar-refractivity contribution in [2.24, 2.45) is 0 Å². The molecule has 2 nitrogen and oxygen atoms in total. The van der Waals surface area contributed by atoms with E-state index in [0.29, 0.717) is 0 Å². The summed E-state index contributed by atoms with van der Waals surface area (Å²) in [5.74, 6) is 0. The highest BCUT2D eigenvalue weighted by Gasteiger charge is 2.13. The van der Waals surface area contributed by atoms with Crippen LogP contribution < -0.4 is 5.32 Å². The summed E-state index contributed by atoms with van der Waals surface area (Å²) in [6.45, 7) is 5.98. The van der Waals surface area contributed by atoms with E-state index in [-0.39, 0.29) is 0 Å². The van der Waals surface area contributed by atoms with Crippen molar-refractivity contribution in [1.29, 1.82) is 0 Å². The second-order valence-corrected chi connectivity index (χ2v) is 3.89. The van der Waals surface area contributed by atoms with E-state index >= 15 is 0 Å². The molecule has 0 aromatic carbocycles. The summed E-state index contributed by atoms with van der Waals surface area (Å²) in [6.07, 6.45) is 5.37. The Morgan fingerprint density at radius 1 is 1.42 bits per heavy atom. The molecular weight excluding hydrogens is 148 g/mol. The molecule has 0 amide bonds. The second-order valence-electron chi connectivity index (χ2n) is 3.89. The van der Waals surface area contributed by atoms with E-state index < -0.39 is 0 Å². The zero-order chi connectivity index (χ0) is 8.81. The maximum Gasteiger partial charge on any atom is 0.00797 e. The van der Waals surface area contributed by atoms with Crippen LogP contribution in [0.3, 0.4) is 0 Å². The average Bonchev–Trinajstić information content (AvgIpc) is 2.53. The molecule has 0 saturated carbocycles. The Kier molecular flexibility index (Phi) is 4.62. The Bertz CT molecular complexity index is 108. The highest BCUT2D eigenvalue weighted by Crippen LogP contribution is 2.08. The molecule has 1 atom stereocenters. The van der Waals surface area contributed by atoms with Crippen LogP contribution in [-0.2, 0) is 0 Å². The van der Waals surface area contributed by atoms with Crippen molar-refractivity contribution in [2.45, 2.75) is 38.6 Å². The summed E-state index contributed by atoms with van der Waals surface area (Å²) in [7, 11) is 2.22. The standard InChI is InChI=1S/C10H22N2/c1-3-8-12(2)9-6-10-5-4-7-11-10/h10-11H,3-9H2,1-2H3. The van der Waals surface area contributed by atoms with Crippen LogP contribution in [0.4, 0.5) is 0 Å². The molecule has 0 bridgehead atoms. The van der Waals surface area contributed by atoms with Crippen molar-refractivity contribution in [3.05, 3.63) is 0 Å². The lowest BCUT2D eigenvalue weighted by molar-refractivity contribution is 0.313. The third-order valence-corrected chi connectivity index (χ3v) is 2.63. The molecule has 1 unspecified atom stereocenters. The molecule has 1 heterocycles. The van der Waals surface area contributed by atoms with Crippen LogP contribution in [-0.4, -0.2) is 37.6 Å². The minimum Gasteiger partial charge on any atom is -0.314 e. The summed E-state index contributed by atoms with van der Waals surface area (Å²) >= 11 is 0. The van der Waals surface area contributed by atoms with Gasteiger partial charge >= 0.3 is 0 Å². The molecule has 1 N–H and O–H groups in total. The molecule has 0 radical (unpaired) electrons. The lowest BCUT2D eigenvalue weighted by Gasteiger charge is -2.18. The maximum absolute atomic E-state index is 3.53. The molecule has 0 spiro atoms. The van der Waals surface area contributed by atoms with Gasteiger partial charge in [0.15, 0.2) is 0 Å². The molecule has 0 aromatic rings. The van der Waals surface area contributed by atoms with Gasteiger partial charge in [0.05, 0.1) is 0 Å². The Morgan fingerprint density at radius 3 is 2.83 bits per heavy atom. The van der Waals surface area contributed by atoms with Crippen LogP contribution in [0.25, 0.3) is 0 Å². The molecule has 1 saturated heterocycles. The van der Waals surface area contributed by atoms with Gasteiger partial charge in [0.1, 0.15) is 0 Å². The van der Waals surface area contributed by atoms with Crippen molar-refractivity contribution >= 4 is 0 Å². The van der Waals surface area contributed by atoms with Crippen LogP contribution in [0.5, 0.6) is 0 Å². The Balaban J connectivity index is 1.99. The topological polar surface area (TPSA) is 15.3 Å². The summed E-state index contributed by atoms with van der Waals surface area (Å²) in [5, 5.41) is 3.53. The van der Waals surface area contributed by atoms with E-state index in [1.807, 2.05) is 0 Å². The quantitative estimate of drug-likeness (QED) is 0.672. The first kappa shape index (κ1) is 10.0. The van der Waals surface area contributed by atoms with Crippen LogP contribution in [0.2, 0.25) is 0 Å². The number of rotatable bonds is 5. The maximum atomic E-state index is 3.53.